The Morgan fingerprint density at radius 3 is 2.48 bits per heavy atom. The molecule has 128 valence electrons. The lowest BCUT2D eigenvalue weighted by atomic mass is 10.1. The van der Waals surface area contributed by atoms with Crippen molar-refractivity contribution < 1.29 is 5.11 Å². The third-order valence-corrected chi connectivity index (χ3v) is 5.43. The Morgan fingerprint density at radius 1 is 1.04 bits per heavy atom. The first-order chi connectivity index (χ1) is 12.1. The Kier molecular flexibility index (Phi) is 6.14. The summed E-state index contributed by atoms with van der Waals surface area (Å²) in [5.74, 6) is 0. The van der Waals surface area contributed by atoms with Crippen molar-refractivity contribution in [3.63, 3.8) is 0 Å². The van der Waals surface area contributed by atoms with E-state index in [0.717, 1.165) is 21.7 Å². The van der Waals surface area contributed by atoms with Gasteiger partial charge in [-0.05, 0) is 60.4 Å². The van der Waals surface area contributed by atoms with Crippen LogP contribution in [0.15, 0.2) is 78.0 Å². The predicted octanol–water partition coefficient (Wildman–Crippen LogP) is 6.01. The van der Waals surface area contributed by atoms with Gasteiger partial charge in [-0.2, -0.15) is 0 Å². The fraction of sp³-hybridized carbons (Fsp3) is 0.190. The summed E-state index contributed by atoms with van der Waals surface area (Å²) >= 11 is 7.83. The fourth-order valence-electron chi connectivity index (χ4n) is 2.69. The highest BCUT2D eigenvalue weighted by Crippen LogP contribution is 2.39. The molecule has 3 rings (SSSR count). The van der Waals surface area contributed by atoms with E-state index in [1.165, 1.54) is 4.90 Å². The van der Waals surface area contributed by atoms with E-state index in [1.807, 2.05) is 37.4 Å². The Balaban J connectivity index is 1.78. The van der Waals surface area contributed by atoms with E-state index in [1.54, 1.807) is 18.0 Å². The lowest BCUT2D eigenvalue weighted by Gasteiger charge is -2.18. The van der Waals surface area contributed by atoms with Gasteiger partial charge in [-0.25, -0.2) is 0 Å². The number of nitrogens with zero attached hydrogens (tertiary/aromatic N) is 1. The van der Waals surface area contributed by atoms with E-state index < -0.39 is 0 Å². The number of aliphatic hydroxyl groups is 1. The summed E-state index contributed by atoms with van der Waals surface area (Å²) in [5.41, 5.74) is 3.38. The van der Waals surface area contributed by atoms with Crippen LogP contribution in [0.1, 0.15) is 24.2 Å². The molecule has 0 bridgehead atoms. The van der Waals surface area contributed by atoms with Gasteiger partial charge in [0.25, 0.3) is 0 Å². The summed E-state index contributed by atoms with van der Waals surface area (Å²) in [6.45, 7) is 1.83. The van der Waals surface area contributed by atoms with Gasteiger partial charge in [0.1, 0.15) is 0 Å². The molecule has 2 atom stereocenters. The number of aromatic nitrogens is 1. The molecule has 0 spiro atoms. The minimum Gasteiger partial charge on any atom is -0.393 e. The van der Waals surface area contributed by atoms with Gasteiger partial charge in [-0.1, -0.05) is 41.9 Å². The quantitative estimate of drug-likeness (QED) is 0.540. The molecule has 0 amide bonds. The average Bonchev–Trinajstić information content (AvgIpc) is 2.62. The lowest BCUT2D eigenvalue weighted by molar-refractivity contribution is 0.184. The van der Waals surface area contributed by atoms with Gasteiger partial charge in [0, 0.05) is 27.6 Å². The van der Waals surface area contributed by atoms with Crippen molar-refractivity contribution in [2.75, 3.05) is 0 Å². The number of pyridine rings is 1. The zero-order valence-electron chi connectivity index (χ0n) is 14.0. The second kappa shape index (κ2) is 8.52. The van der Waals surface area contributed by atoms with Crippen LogP contribution in [0.2, 0.25) is 5.02 Å². The van der Waals surface area contributed by atoms with Crippen molar-refractivity contribution in [2.45, 2.75) is 29.6 Å². The van der Waals surface area contributed by atoms with Crippen molar-refractivity contribution >= 4 is 23.4 Å². The van der Waals surface area contributed by atoms with Crippen molar-refractivity contribution in [3.8, 4) is 11.1 Å². The highest BCUT2D eigenvalue weighted by atomic mass is 35.5. The van der Waals surface area contributed by atoms with Crippen LogP contribution in [0.3, 0.4) is 0 Å². The summed E-state index contributed by atoms with van der Waals surface area (Å²) in [5, 5.41) is 10.7. The van der Waals surface area contributed by atoms with E-state index >= 15 is 0 Å². The molecule has 1 N–H and O–H groups in total. The molecule has 2 unspecified atom stereocenters. The molecular weight excluding hydrogens is 350 g/mol. The third kappa shape index (κ3) is 5.08. The molecule has 0 saturated heterocycles. The minimum absolute atomic E-state index is 0.172. The fourth-order valence-corrected chi connectivity index (χ4v) is 4.15. The summed E-state index contributed by atoms with van der Waals surface area (Å²) in [7, 11) is 0. The van der Waals surface area contributed by atoms with Crippen molar-refractivity contribution in [1.82, 2.24) is 4.98 Å². The summed E-state index contributed by atoms with van der Waals surface area (Å²) in [6, 6.07) is 20.3. The summed E-state index contributed by atoms with van der Waals surface area (Å²) < 4.78 is 0. The van der Waals surface area contributed by atoms with Gasteiger partial charge in [-0.15, -0.1) is 11.8 Å². The molecule has 0 saturated carbocycles. The van der Waals surface area contributed by atoms with Crippen LogP contribution in [0, 0.1) is 0 Å². The topological polar surface area (TPSA) is 33.1 Å². The third-order valence-electron chi connectivity index (χ3n) is 3.90. The monoisotopic (exact) mass is 369 g/mol. The Hall–Kier alpha value is -1.81. The molecule has 3 aromatic rings. The number of rotatable bonds is 6. The standard InChI is InChI=1S/C21H20ClNOS/c1-15(24)12-21(18-5-3-11-23-14-18)25-20-9-7-16(8-10-20)17-4-2-6-19(22)13-17/h2-11,13-15,21,24H,12H2,1H3. The highest BCUT2D eigenvalue weighted by Gasteiger charge is 2.16. The van der Waals surface area contributed by atoms with Gasteiger partial charge in [0.2, 0.25) is 0 Å². The largest absolute Gasteiger partial charge is 0.393 e. The average molecular weight is 370 g/mol. The minimum atomic E-state index is -0.358. The maximum Gasteiger partial charge on any atom is 0.0526 e. The predicted molar refractivity (Wildman–Crippen MR) is 106 cm³/mol. The van der Waals surface area contributed by atoms with E-state index in [-0.39, 0.29) is 11.4 Å². The first-order valence-electron chi connectivity index (χ1n) is 8.22. The molecule has 4 heteroatoms. The molecule has 2 aromatic carbocycles. The van der Waals surface area contributed by atoms with Crippen LogP contribution in [-0.2, 0) is 0 Å². The number of hydrogen-bond acceptors (Lipinski definition) is 3. The molecular formula is C21H20ClNOS. The zero-order valence-corrected chi connectivity index (χ0v) is 15.5. The van der Waals surface area contributed by atoms with Gasteiger partial charge >= 0.3 is 0 Å². The maximum atomic E-state index is 9.83. The van der Waals surface area contributed by atoms with Gasteiger partial charge in [-0.3, -0.25) is 4.98 Å². The molecule has 0 fully saturated rings. The van der Waals surface area contributed by atoms with Crippen molar-refractivity contribution in [3.05, 3.63) is 83.6 Å². The Morgan fingerprint density at radius 2 is 1.84 bits per heavy atom. The van der Waals surface area contributed by atoms with Crippen LogP contribution in [0.5, 0.6) is 0 Å². The molecule has 2 nitrogen and oxygen atoms in total. The summed E-state index contributed by atoms with van der Waals surface area (Å²) in [6.07, 6.45) is 3.98. The van der Waals surface area contributed by atoms with E-state index in [9.17, 15) is 5.11 Å². The zero-order chi connectivity index (χ0) is 17.6. The second-order valence-corrected chi connectivity index (χ2v) is 7.72. The van der Waals surface area contributed by atoms with E-state index in [4.69, 9.17) is 11.6 Å². The number of benzene rings is 2. The molecule has 0 radical (unpaired) electrons. The summed E-state index contributed by atoms with van der Waals surface area (Å²) in [4.78, 5) is 5.38. The van der Waals surface area contributed by atoms with Gasteiger partial charge < -0.3 is 5.11 Å². The SMILES string of the molecule is CC(O)CC(Sc1ccc(-c2cccc(Cl)c2)cc1)c1cccnc1. The maximum absolute atomic E-state index is 9.83. The molecule has 1 heterocycles. The smallest absolute Gasteiger partial charge is 0.0526 e. The number of halogens is 1. The van der Waals surface area contributed by atoms with E-state index in [0.29, 0.717) is 6.42 Å². The van der Waals surface area contributed by atoms with Crippen LogP contribution < -0.4 is 0 Å². The Bertz CT molecular complexity index is 806. The van der Waals surface area contributed by atoms with Crippen molar-refractivity contribution in [1.29, 1.82) is 0 Å². The normalized spacial score (nSPS) is 13.4. The van der Waals surface area contributed by atoms with E-state index in [2.05, 4.69) is 41.4 Å². The van der Waals surface area contributed by atoms with Crippen LogP contribution in [0.25, 0.3) is 11.1 Å². The Labute approximate surface area is 157 Å². The number of thioether (sulfide) groups is 1. The van der Waals surface area contributed by atoms with Crippen LogP contribution >= 0.6 is 23.4 Å². The molecule has 1 aromatic heterocycles. The highest BCUT2D eigenvalue weighted by molar-refractivity contribution is 7.99. The lowest BCUT2D eigenvalue weighted by Crippen LogP contribution is -2.06. The molecule has 25 heavy (non-hydrogen) atoms. The second-order valence-electron chi connectivity index (χ2n) is 6.01. The number of aliphatic hydroxyl groups excluding tert-OH is 1. The molecule has 0 aliphatic carbocycles. The first-order valence-corrected chi connectivity index (χ1v) is 9.48. The van der Waals surface area contributed by atoms with Crippen LogP contribution in [0.4, 0.5) is 0 Å². The van der Waals surface area contributed by atoms with Crippen molar-refractivity contribution in [2.24, 2.45) is 0 Å². The van der Waals surface area contributed by atoms with Crippen LogP contribution in [-0.4, -0.2) is 16.2 Å². The first kappa shape index (κ1) is 18.0. The molecule has 0 aliphatic rings. The van der Waals surface area contributed by atoms with Gasteiger partial charge in [0.05, 0.1) is 6.10 Å². The number of hydrogen-bond donors (Lipinski definition) is 1. The molecule has 0 aliphatic heterocycles. The van der Waals surface area contributed by atoms with Gasteiger partial charge in [0.15, 0.2) is 0 Å².